The lowest BCUT2D eigenvalue weighted by Gasteiger charge is -2.30. The summed E-state index contributed by atoms with van der Waals surface area (Å²) in [5, 5.41) is 3.29. The van der Waals surface area contributed by atoms with E-state index in [1.165, 1.54) is 12.1 Å². The van der Waals surface area contributed by atoms with Crippen LogP contribution in [0.2, 0.25) is 0 Å². The van der Waals surface area contributed by atoms with Gasteiger partial charge in [-0.25, -0.2) is 8.78 Å². The van der Waals surface area contributed by atoms with Gasteiger partial charge in [0.2, 0.25) is 0 Å². The van der Waals surface area contributed by atoms with Gasteiger partial charge in [0, 0.05) is 24.7 Å². The van der Waals surface area contributed by atoms with Gasteiger partial charge in [-0.3, -0.25) is 4.90 Å². The molecular weight excluding hydrogens is 222 g/mol. The first-order valence-electron chi connectivity index (χ1n) is 5.96. The Morgan fingerprint density at radius 1 is 1.29 bits per heavy atom. The molecule has 1 fully saturated rings. The number of hydrogen-bond donors (Lipinski definition) is 1. The minimum absolute atomic E-state index is 0.0186. The van der Waals surface area contributed by atoms with Crippen LogP contribution in [-0.4, -0.2) is 31.1 Å². The number of likely N-dealkylation sites (N-methyl/N-ethyl adjacent to an activating group) is 1. The van der Waals surface area contributed by atoms with Gasteiger partial charge in [-0.15, -0.1) is 0 Å². The van der Waals surface area contributed by atoms with E-state index < -0.39 is 11.6 Å². The average Bonchev–Trinajstić information content (AvgIpc) is 2.79. The molecule has 0 amide bonds. The van der Waals surface area contributed by atoms with Crippen LogP contribution in [-0.2, 0) is 0 Å². The second-order valence-electron chi connectivity index (χ2n) is 4.69. The van der Waals surface area contributed by atoms with Crippen molar-refractivity contribution in [1.29, 1.82) is 0 Å². The number of rotatable bonds is 3. The van der Waals surface area contributed by atoms with E-state index in [0.717, 1.165) is 25.6 Å². The summed E-state index contributed by atoms with van der Waals surface area (Å²) in [4.78, 5) is 2.17. The zero-order valence-corrected chi connectivity index (χ0v) is 10.2. The molecule has 1 heterocycles. The summed E-state index contributed by atoms with van der Waals surface area (Å²) in [6, 6.07) is 4.19. The van der Waals surface area contributed by atoms with Crippen LogP contribution in [0.5, 0.6) is 0 Å². The molecule has 0 aromatic heterocycles. The topological polar surface area (TPSA) is 15.3 Å². The van der Waals surface area contributed by atoms with Gasteiger partial charge in [0.25, 0.3) is 0 Å². The second kappa shape index (κ2) is 5.10. The Bertz CT molecular complexity index is 369. The number of nitrogens with zero attached hydrogens (tertiary/aromatic N) is 1. The van der Waals surface area contributed by atoms with Crippen LogP contribution in [0.25, 0.3) is 0 Å². The molecule has 17 heavy (non-hydrogen) atoms. The largest absolute Gasteiger partial charge is 0.315 e. The monoisotopic (exact) mass is 240 g/mol. The molecule has 2 atom stereocenters. The molecule has 1 aromatic rings. The lowest BCUT2D eigenvalue weighted by molar-refractivity contribution is 0.196. The molecule has 0 saturated carbocycles. The molecular formula is C13H18F2N2. The predicted octanol–water partition coefficient (Wildman–Crippen LogP) is 2.32. The first-order chi connectivity index (χ1) is 8.08. The SMILES string of the molecule is CC(c1cc(F)cc(F)c1)N(C)C1CCNC1. The van der Waals surface area contributed by atoms with Gasteiger partial charge in [-0.1, -0.05) is 0 Å². The van der Waals surface area contributed by atoms with E-state index in [1.54, 1.807) is 0 Å². The van der Waals surface area contributed by atoms with Crippen molar-refractivity contribution >= 4 is 0 Å². The molecule has 94 valence electrons. The van der Waals surface area contributed by atoms with E-state index >= 15 is 0 Å². The third kappa shape index (κ3) is 2.82. The van der Waals surface area contributed by atoms with E-state index in [2.05, 4.69) is 10.2 Å². The van der Waals surface area contributed by atoms with Gasteiger partial charge in [0.15, 0.2) is 0 Å². The summed E-state index contributed by atoms with van der Waals surface area (Å²) >= 11 is 0. The standard InChI is InChI=1S/C13H18F2N2/c1-9(17(2)13-3-4-16-8-13)10-5-11(14)7-12(15)6-10/h5-7,9,13,16H,3-4,8H2,1-2H3. The second-order valence-corrected chi connectivity index (χ2v) is 4.69. The lowest BCUT2D eigenvalue weighted by Crippen LogP contribution is -2.35. The third-order valence-corrected chi connectivity index (χ3v) is 3.59. The van der Waals surface area contributed by atoms with Crippen molar-refractivity contribution in [1.82, 2.24) is 10.2 Å². The minimum Gasteiger partial charge on any atom is -0.315 e. The molecule has 2 unspecified atom stereocenters. The molecule has 4 heteroatoms. The van der Waals surface area contributed by atoms with Crippen molar-refractivity contribution < 1.29 is 8.78 Å². The highest BCUT2D eigenvalue weighted by molar-refractivity contribution is 5.21. The van der Waals surface area contributed by atoms with Crippen molar-refractivity contribution in [3.8, 4) is 0 Å². The Morgan fingerprint density at radius 3 is 2.47 bits per heavy atom. The van der Waals surface area contributed by atoms with Crippen LogP contribution >= 0.6 is 0 Å². The fraction of sp³-hybridized carbons (Fsp3) is 0.538. The predicted molar refractivity (Wildman–Crippen MR) is 63.8 cm³/mol. The van der Waals surface area contributed by atoms with Gasteiger partial charge in [-0.2, -0.15) is 0 Å². The Morgan fingerprint density at radius 2 is 1.94 bits per heavy atom. The van der Waals surface area contributed by atoms with Gasteiger partial charge < -0.3 is 5.32 Å². The number of hydrogen-bond acceptors (Lipinski definition) is 2. The van der Waals surface area contributed by atoms with Crippen LogP contribution in [0.4, 0.5) is 8.78 Å². The fourth-order valence-electron chi connectivity index (χ4n) is 2.35. The highest BCUT2D eigenvalue weighted by Gasteiger charge is 2.24. The first-order valence-corrected chi connectivity index (χ1v) is 5.96. The first kappa shape index (κ1) is 12.5. The number of nitrogens with one attached hydrogen (secondary N) is 1. The lowest BCUT2D eigenvalue weighted by atomic mass is 10.0. The minimum atomic E-state index is -0.509. The summed E-state index contributed by atoms with van der Waals surface area (Å²) in [5.41, 5.74) is 0.692. The summed E-state index contributed by atoms with van der Waals surface area (Å²) in [6.45, 7) is 3.93. The van der Waals surface area contributed by atoms with Gasteiger partial charge in [0.05, 0.1) is 0 Å². The Kier molecular flexibility index (Phi) is 3.74. The van der Waals surface area contributed by atoms with E-state index in [-0.39, 0.29) is 6.04 Å². The van der Waals surface area contributed by atoms with Crippen molar-refractivity contribution in [3.63, 3.8) is 0 Å². The molecule has 1 saturated heterocycles. The normalized spacial score (nSPS) is 22.1. The molecule has 1 aliphatic heterocycles. The molecule has 0 bridgehead atoms. The van der Waals surface area contributed by atoms with Crippen LogP contribution < -0.4 is 5.32 Å². The fourth-order valence-corrected chi connectivity index (χ4v) is 2.35. The smallest absolute Gasteiger partial charge is 0.126 e. The summed E-state index contributed by atoms with van der Waals surface area (Å²) in [6.07, 6.45) is 1.08. The van der Waals surface area contributed by atoms with Crippen LogP contribution in [0.15, 0.2) is 18.2 Å². The third-order valence-electron chi connectivity index (χ3n) is 3.59. The molecule has 1 aromatic carbocycles. The van der Waals surface area contributed by atoms with E-state index in [9.17, 15) is 8.78 Å². The zero-order chi connectivity index (χ0) is 12.4. The maximum atomic E-state index is 13.2. The van der Waals surface area contributed by atoms with Gasteiger partial charge >= 0.3 is 0 Å². The molecule has 2 nitrogen and oxygen atoms in total. The van der Waals surface area contributed by atoms with E-state index in [1.807, 2.05) is 14.0 Å². The molecule has 0 spiro atoms. The average molecular weight is 240 g/mol. The molecule has 2 rings (SSSR count). The van der Waals surface area contributed by atoms with Crippen molar-refractivity contribution in [2.24, 2.45) is 0 Å². The molecule has 0 aliphatic carbocycles. The quantitative estimate of drug-likeness (QED) is 0.872. The number of halogens is 2. The zero-order valence-electron chi connectivity index (χ0n) is 10.2. The van der Waals surface area contributed by atoms with Gasteiger partial charge in [0.1, 0.15) is 11.6 Å². The van der Waals surface area contributed by atoms with Crippen molar-refractivity contribution in [3.05, 3.63) is 35.4 Å². The maximum Gasteiger partial charge on any atom is 0.126 e. The van der Waals surface area contributed by atoms with Crippen molar-refractivity contribution in [2.45, 2.75) is 25.4 Å². The highest BCUT2D eigenvalue weighted by Crippen LogP contribution is 2.24. The number of benzene rings is 1. The van der Waals surface area contributed by atoms with E-state index in [4.69, 9.17) is 0 Å². The molecule has 0 radical (unpaired) electrons. The highest BCUT2D eigenvalue weighted by atomic mass is 19.1. The Labute approximate surface area is 101 Å². The Balaban J connectivity index is 2.14. The summed E-state index contributed by atoms with van der Waals surface area (Å²) in [5.74, 6) is -1.02. The van der Waals surface area contributed by atoms with Crippen molar-refractivity contribution in [2.75, 3.05) is 20.1 Å². The maximum absolute atomic E-state index is 13.2. The Hall–Kier alpha value is -1.00. The molecule has 1 aliphatic rings. The molecule has 1 N–H and O–H groups in total. The van der Waals surface area contributed by atoms with Crippen LogP contribution in [0.1, 0.15) is 24.9 Å². The van der Waals surface area contributed by atoms with Crippen LogP contribution in [0, 0.1) is 11.6 Å². The van der Waals surface area contributed by atoms with Crippen LogP contribution in [0.3, 0.4) is 0 Å². The summed E-state index contributed by atoms with van der Waals surface area (Å²) < 4.78 is 26.3. The summed E-state index contributed by atoms with van der Waals surface area (Å²) in [7, 11) is 2.01. The van der Waals surface area contributed by atoms with E-state index in [0.29, 0.717) is 11.6 Å². The van der Waals surface area contributed by atoms with Gasteiger partial charge in [-0.05, 0) is 44.6 Å².